The molecule has 0 aliphatic rings. The maximum absolute atomic E-state index is 10.4. The van der Waals surface area contributed by atoms with E-state index in [-0.39, 0.29) is 35.3 Å². The minimum atomic E-state index is -4.09. The van der Waals surface area contributed by atoms with E-state index >= 15 is 0 Å². The van der Waals surface area contributed by atoms with Crippen molar-refractivity contribution in [3.05, 3.63) is 12.2 Å². The summed E-state index contributed by atoms with van der Waals surface area (Å²) in [6.07, 6.45) is 28.8. The molecule has 0 bridgehead atoms. The summed E-state index contributed by atoms with van der Waals surface area (Å²) >= 11 is 0. The van der Waals surface area contributed by atoms with Crippen LogP contribution >= 0.6 is 0 Å². The Balaban J connectivity index is 0. The van der Waals surface area contributed by atoms with Gasteiger partial charge in [0.15, 0.2) is 0 Å². The Bertz CT molecular complexity index is 422. The van der Waals surface area contributed by atoms with Gasteiger partial charge in [-0.2, -0.15) is 0 Å². The molecule has 0 aromatic heterocycles. The van der Waals surface area contributed by atoms with Crippen molar-refractivity contribution in [2.24, 2.45) is 0 Å². The van der Waals surface area contributed by atoms with E-state index in [0.717, 1.165) is 12.8 Å². The van der Waals surface area contributed by atoms with Crippen molar-refractivity contribution in [2.45, 2.75) is 129 Å². The zero-order chi connectivity index (χ0) is 20.1. The number of unbranched alkanes of at least 4 members (excludes halogenated alkanes) is 18. The summed E-state index contributed by atoms with van der Waals surface area (Å²) in [5.41, 5.74) is 0. The Kier molecular flexibility index (Phi) is 26.4. The molecule has 0 N–H and O–H groups in total. The number of hydrogen-bond acceptors (Lipinski definition) is 3. The minimum Gasteiger partial charge on any atom is -0.748 e. The molecule has 28 heavy (non-hydrogen) atoms. The van der Waals surface area contributed by atoms with Crippen LogP contribution < -0.4 is 29.6 Å². The first-order valence-corrected chi connectivity index (χ1v) is 13.2. The van der Waals surface area contributed by atoms with Crippen LogP contribution in [0.15, 0.2) is 12.2 Å². The van der Waals surface area contributed by atoms with Gasteiger partial charge in [0.25, 0.3) is 0 Å². The molecule has 0 radical (unpaired) electrons. The van der Waals surface area contributed by atoms with E-state index in [9.17, 15) is 13.0 Å². The Morgan fingerprint density at radius 3 is 1.21 bits per heavy atom. The van der Waals surface area contributed by atoms with E-state index in [1.807, 2.05) is 6.08 Å². The third-order valence-corrected chi connectivity index (χ3v) is 5.79. The second-order valence-corrected chi connectivity index (χ2v) is 9.44. The molecule has 0 fully saturated rings. The van der Waals surface area contributed by atoms with E-state index in [2.05, 4.69) is 6.92 Å². The number of allylic oxidation sites excluding steroid dienone is 1. The third kappa shape index (κ3) is 28.9. The van der Waals surface area contributed by atoms with Gasteiger partial charge in [0.05, 0.1) is 15.9 Å². The van der Waals surface area contributed by atoms with Gasteiger partial charge in [-0.25, -0.2) is 8.42 Å². The van der Waals surface area contributed by atoms with Crippen molar-refractivity contribution in [2.75, 3.05) is 5.75 Å². The maximum atomic E-state index is 10.4. The molecule has 0 saturated heterocycles. The van der Waals surface area contributed by atoms with Crippen LogP contribution in [0.5, 0.6) is 0 Å². The summed E-state index contributed by atoms with van der Waals surface area (Å²) in [7, 11) is -4.09. The fourth-order valence-corrected chi connectivity index (χ4v) is 3.84. The number of rotatable bonds is 21. The molecule has 0 saturated carbocycles. The molecule has 0 aromatic rings. The summed E-state index contributed by atoms with van der Waals surface area (Å²) in [6.45, 7) is 2.28. The van der Waals surface area contributed by atoms with E-state index in [0.29, 0.717) is 0 Å². The Labute approximate surface area is 198 Å². The van der Waals surface area contributed by atoms with Crippen LogP contribution in [0.3, 0.4) is 0 Å². The zero-order valence-corrected chi connectivity index (χ0v) is 21.7. The van der Waals surface area contributed by atoms with Crippen LogP contribution in [-0.2, 0) is 10.1 Å². The summed E-state index contributed by atoms with van der Waals surface area (Å²) in [6, 6.07) is 0. The van der Waals surface area contributed by atoms with Crippen LogP contribution in [-0.4, -0.2) is 18.7 Å². The van der Waals surface area contributed by atoms with Gasteiger partial charge in [-0.05, 0) is 12.8 Å². The van der Waals surface area contributed by atoms with Crippen molar-refractivity contribution in [3.63, 3.8) is 0 Å². The molecule has 162 valence electrons. The summed E-state index contributed by atoms with van der Waals surface area (Å²) in [5, 5.41) is 0. The van der Waals surface area contributed by atoms with Gasteiger partial charge in [-0.3, -0.25) is 0 Å². The molecule has 3 nitrogen and oxygen atoms in total. The van der Waals surface area contributed by atoms with E-state index in [1.165, 1.54) is 115 Å². The quantitative estimate of drug-likeness (QED) is 0.118. The average Bonchev–Trinajstić information content (AvgIpc) is 2.62. The molecule has 0 spiro atoms. The molecule has 0 aliphatic heterocycles. The summed E-state index contributed by atoms with van der Waals surface area (Å²) in [5.74, 6) is -0.369. The normalized spacial score (nSPS) is 11.8. The summed E-state index contributed by atoms with van der Waals surface area (Å²) in [4.78, 5) is 0. The largest absolute Gasteiger partial charge is 1.00 e. The van der Waals surface area contributed by atoms with Crippen LogP contribution in [0.4, 0.5) is 0 Å². The fraction of sp³-hybridized carbons (Fsp3) is 0.913. The van der Waals surface area contributed by atoms with Crippen molar-refractivity contribution in [1.29, 1.82) is 0 Å². The van der Waals surface area contributed by atoms with Gasteiger partial charge in [0.2, 0.25) is 0 Å². The second kappa shape index (κ2) is 23.9. The molecule has 0 unspecified atom stereocenters. The first-order chi connectivity index (χ1) is 13.1. The molecule has 0 aliphatic carbocycles. The van der Waals surface area contributed by atoms with Gasteiger partial charge in [0, 0.05) is 0 Å². The first-order valence-electron chi connectivity index (χ1n) is 11.6. The van der Waals surface area contributed by atoms with Gasteiger partial charge >= 0.3 is 29.6 Å². The molecule has 0 amide bonds. The van der Waals surface area contributed by atoms with Gasteiger partial charge in [-0.15, -0.1) is 0 Å². The molecule has 0 atom stereocenters. The van der Waals surface area contributed by atoms with Crippen LogP contribution in [0.1, 0.15) is 129 Å². The van der Waals surface area contributed by atoms with Crippen LogP contribution in [0, 0.1) is 0 Å². The maximum Gasteiger partial charge on any atom is 1.00 e. The van der Waals surface area contributed by atoms with Gasteiger partial charge in [-0.1, -0.05) is 128 Å². The smallest absolute Gasteiger partial charge is 0.748 e. The van der Waals surface area contributed by atoms with E-state index in [1.54, 1.807) is 0 Å². The fourth-order valence-electron chi connectivity index (χ4n) is 3.47. The molecular weight excluding hydrogens is 379 g/mol. The van der Waals surface area contributed by atoms with E-state index < -0.39 is 10.1 Å². The van der Waals surface area contributed by atoms with Crippen molar-refractivity contribution < 1.29 is 42.5 Å². The molecule has 5 heteroatoms. The average molecular weight is 425 g/mol. The predicted molar refractivity (Wildman–Crippen MR) is 117 cm³/mol. The first kappa shape index (κ1) is 30.8. The Hall–Kier alpha value is 0.650. The van der Waals surface area contributed by atoms with Crippen LogP contribution in [0.25, 0.3) is 0 Å². The molecule has 0 rings (SSSR count). The molecule has 0 heterocycles. The summed E-state index contributed by atoms with van der Waals surface area (Å²) < 4.78 is 31.3. The van der Waals surface area contributed by atoms with Crippen molar-refractivity contribution in [3.8, 4) is 0 Å². The molecule has 0 aromatic carbocycles. The Morgan fingerprint density at radius 1 is 0.571 bits per heavy atom. The van der Waals surface area contributed by atoms with Crippen LogP contribution in [0.2, 0.25) is 0 Å². The van der Waals surface area contributed by atoms with Crippen molar-refractivity contribution >= 4 is 10.1 Å². The Morgan fingerprint density at radius 2 is 0.893 bits per heavy atom. The minimum absolute atomic E-state index is 0. The zero-order valence-electron chi connectivity index (χ0n) is 18.9. The topological polar surface area (TPSA) is 57.2 Å². The standard InChI is InChI=1S/C23H46O3S.Na/c1-2-3-4-5-6-7-8-9-10-11-12-13-14-15-16-17-18-19-20-21-22-23-27(24,25)26;/h21-22H,2-20,23H2,1H3,(H,24,25,26);/q;+1/p-1/b22-21+;. The monoisotopic (exact) mass is 424 g/mol. The van der Waals surface area contributed by atoms with Gasteiger partial charge in [0.1, 0.15) is 0 Å². The van der Waals surface area contributed by atoms with E-state index in [4.69, 9.17) is 0 Å². The number of hydrogen-bond donors (Lipinski definition) is 0. The molecular formula is C23H45NaO3S. The predicted octanol–water partition coefficient (Wildman–Crippen LogP) is 4.52. The van der Waals surface area contributed by atoms with Crippen molar-refractivity contribution in [1.82, 2.24) is 0 Å². The third-order valence-electron chi connectivity index (χ3n) is 5.19. The second-order valence-electron chi connectivity index (χ2n) is 7.99. The van der Waals surface area contributed by atoms with Gasteiger partial charge < -0.3 is 4.55 Å². The SMILES string of the molecule is CCCCCCCCCCCCCCCCCCCC/C=C/CS(=O)(=O)[O-].[Na+].